The molecule has 0 saturated carbocycles. The zero-order chi connectivity index (χ0) is 12.7. The first-order valence-electron chi connectivity index (χ1n) is 4.89. The van der Waals surface area contributed by atoms with Gasteiger partial charge in [0.15, 0.2) is 5.82 Å². The fourth-order valence-corrected chi connectivity index (χ4v) is 1.52. The smallest absolute Gasteiger partial charge is 0.390 e. The number of hydrogen-bond donors (Lipinski definition) is 0. The molecule has 10 heteroatoms. The average molecular weight is 246 g/mol. The van der Waals surface area contributed by atoms with Crippen LogP contribution in [0.5, 0.6) is 0 Å². The summed E-state index contributed by atoms with van der Waals surface area (Å²) in [5.41, 5.74) is 0.698. The first-order valence-corrected chi connectivity index (χ1v) is 4.89. The van der Waals surface area contributed by atoms with Gasteiger partial charge in [-0.3, -0.25) is 0 Å². The molecule has 0 aromatic carbocycles. The molecule has 0 fully saturated rings. The molecule has 10 nitrogen and oxygen atoms in total. The van der Waals surface area contributed by atoms with Crippen molar-refractivity contribution in [1.29, 1.82) is 0 Å². The van der Waals surface area contributed by atoms with Crippen molar-refractivity contribution >= 4 is 11.7 Å². The second kappa shape index (κ2) is 3.55. The van der Waals surface area contributed by atoms with Gasteiger partial charge in [0.2, 0.25) is 6.33 Å². The number of aryl methyl sites for hydroxylation is 1. The highest BCUT2D eigenvalue weighted by Gasteiger charge is 2.17. The van der Waals surface area contributed by atoms with Crippen molar-refractivity contribution in [2.75, 3.05) is 0 Å². The fraction of sp³-hybridized carbons (Fsp3) is 0.125. The molecule has 0 aliphatic carbocycles. The van der Waals surface area contributed by atoms with E-state index in [1.165, 1.54) is 21.9 Å². The molecule has 3 rings (SSSR count). The zero-order valence-electron chi connectivity index (χ0n) is 9.13. The van der Waals surface area contributed by atoms with E-state index in [1.807, 2.05) is 0 Å². The monoisotopic (exact) mass is 246 g/mol. The van der Waals surface area contributed by atoms with Gasteiger partial charge in [0.25, 0.3) is 5.78 Å². The lowest BCUT2D eigenvalue weighted by Crippen LogP contribution is -2.06. The van der Waals surface area contributed by atoms with Gasteiger partial charge in [-0.2, -0.15) is 14.6 Å². The van der Waals surface area contributed by atoms with E-state index in [0.29, 0.717) is 17.3 Å². The van der Waals surface area contributed by atoms with Crippen LogP contribution in [-0.2, 0) is 0 Å². The summed E-state index contributed by atoms with van der Waals surface area (Å²) in [5, 5.41) is 18.3. The normalized spacial score (nSPS) is 10.9. The van der Waals surface area contributed by atoms with Crippen LogP contribution < -0.4 is 0 Å². The topological polar surface area (TPSA) is 117 Å². The van der Waals surface area contributed by atoms with E-state index in [4.69, 9.17) is 0 Å². The summed E-state index contributed by atoms with van der Waals surface area (Å²) in [6, 6.07) is 1.68. The molecule has 90 valence electrons. The molecule has 0 unspecified atom stereocenters. The Morgan fingerprint density at radius 2 is 2.22 bits per heavy atom. The lowest BCUT2D eigenvalue weighted by atomic mass is 10.4. The number of nitrogens with zero attached hydrogens (tertiary/aromatic N) is 8. The van der Waals surface area contributed by atoms with Crippen LogP contribution in [0.25, 0.3) is 11.6 Å². The van der Waals surface area contributed by atoms with E-state index in [-0.39, 0.29) is 0 Å². The molecule has 0 N–H and O–H groups in total. The van der Waals surface area contributed by atoms with Gasteiger partial charge < -0.3 is 10.1 Å². The third kappa shape index (κ3) is 1.47. The van der Waals surface area contributed by atoms with Crippen LogP contribution in [0.15, 0.2) is 18.7 Å². The first kappa shape index (κ1) is 10.3. The Balaban J connectivity index is 2.23. The lowest BCUT2D eigenvalue weighted by molar-refractivity contribution is -0.394. The highest BCUT2D eigenvalue weighted by Crippen LogP contribution is 2.10. The van der Waals surface area contributed by atoms with Gasteiger partial charge in [-0.05, 0) is 11.8 Å². The molecular weight excluding hydrogens is 240 g/mol. The number of aromatic nitrogens is 7. The molecule has 0 amide bonds. The van der Waals surface area contributed by atoms with Crippen LogP contribution in [0.2, 0.25) is 0 Å². The Morgan fingerprint density at radius 3 is 2.94 bits per heavy atom. The molecule has 3 heterocycles. The minimum absolute atomic E-state index is 0.392. The summed E-state index contributed by atoms with van der Waals surface area (Å²) in [7, 11) is 0. The Kier molecular flexibility index (Phi) is 2.02. The second-order valence-electron chi connectivity index (χ2n) is 3.47. The van der Waals surface area contributed by atoms with Crippen molar-refractivity contribution in [1.82, 2.24) is 34.3 Å². The first-order chi connectivity index (χ1) is 8.65. The van der Waals surface area contributed by atoms with Gasteiger partial charge in [0.05, 0.1) is 0 Å². The molecule has 3 aromatic heterocycles. The van der Waals surface area contributed by atoms with Crippen molar-refractivity contribution in [3.63, 3.8) is 0 Å². The summed E-state index contributed by atoms with van der Waals surface area (Å²) in [5.74, 6) is 0.400. The van der Waals surface area contributed by atoms with E-state index in [1.54, 1.807) is 13.0 Å². The summed E-state index contributed by atoms with van der Waals surface area (Å²) in [6.07, 6.45) is 2.59. The average Bonchev–Trinajstić information content (AvgIpc) is 2.95. The molecule has 0 radical (unpaired) electrons. The van der Waals surface area contributed by atoms with E-state index in [9.17, 15) is 10.1 Å². The van der Waals surface area contributed by atoms with Gasteiger partial charge in [-0.15, -0.1) is 4.68 Å². The number of fused-ring (bicyclic) bond motifs is 1. The Morgan fingerprint density at radius 1 is 1.39 bits per heavy atom. The summed E-state index contributed by atoms with van der Waals surface area (Å²) >= 11 is 0. The fourth-order valence-electron chi connectivity index (χ4n) is 1.52. The SMILES string of the molecule is Cc1cc(-n2cnc([N+](=O)[O-])n2)n2ncnc2n1. The second-order valence-corrected chi connectivity index (χ2v) is 3.47. The predicted octanol–water partition coefficient (Wildman–Crippen LogP) is -0.0784. The van der Waals surface area contributed by atoms with E-state index >= 15 is 0 Å². The molecule has 3 aromatic rings. The molecule has 0 atom stereocenters. The van der Waals surface area contributed by atoms with Gasteiger partial charge in [0.1, 0.15) is 6.33 Å². The Labute approximate surface area is 99.1 Å². The van der Waals surface area contributed by atoms with Crippen LogP contribution in [0.3, 0.4) is 0 Å². The predicted molar refractivity (Wildman–Crippen MR) is 57.1 cm³/mol. The lowest BCUT2D eigenvalue weighted by Gasteiger charge is -2.00. The Bertz CT molecular complexity index is 744. The molecule has 0 aliphatic heterocycles. The molecule has 18 heavy (non-hydrogen) atoms. The standard InChI is InChI=1S/C8H6N8O2/c1-5-2-6(15-7(12-5)9-3-11-15)14-4-10-8(13-14)16(17)18/h2-4H,1H3. The van der Waals surface area contributed by atoms with Crippen molar-refractivity contribution < 1.29 is 4.92 Å². The minimum atomic E-state index is -0.664. The highest BCUT2D eigenvalue weighted by molar-refractivity contribution is 5.36. The highest BCUT2D eigenvalue weighted by atomic mass is 16.6. The molecule has 0 spiro atoms. The van der Waals surface area contributed by atoms with Gasteiger partial charge in [-0.1, -0.05) is 4.98 Å². The van der Waals surface area contributed by atoms with Crippen LogP contribution in [0, 0.1) is 17.0 Å². The maximum absolute atomic E-state index is 10.5. The molecule has 0 aliphatic rings. The van der Waals surface area contributed by atoms with Gasteiger partial charge >= 0.3 is 5.95 Å². The minimum Gasteiger partial charge on any atom is -0.390 e. The number of hydrogen-bond acceptors (Lipinski definition) is 7. The van der Waals surface area contributed by atoms with Crippen molar-refractivity contribution in [3.05, 3.63) is 34.5 Å². The maximum atomic E-state index is 10.5. The maximum Gasteiger partial charge on any atom is 0.491 e. The van der Waals surface area contributed by atoms with Gasteiger partial charge in [-0.25, -0.2) is 4.98 Å². The number of rotatable bonds is 2. The molecule has 0 saturated heterocycles. The summed E-state index contributed by atoms with van der Waals surface area (Å²) < 4.78 is 2.68. The van der Waals surface area contributed by atoms with Crippen molar-refractivity contribution in [2.45, 2.75) is 6.92 Å². The van der Waals surface area contributed by atoms with E-state index < -0.39 is 10.9 Å². The van der Waals surface area contributed by atoms with Crippen LogP contribution in [-0.4, -0.2) is 39.3 Å². The van der Waals surface area contributed by atoms with E-state index in [0.717, 1.165) is 0 Å². The summed E-state index contributed by atoms with van der Waals surface area (Å²) in [4.78, 5) is 21.6. The summed E-state index contributed by atoms with van der Waals surface area (Å²) in [6.45, 7) is 1.78. The zero-order valence-corrected chi connectivity index (χ0v) is 9.13. The van der Waals surface area contributed by atoms with Crippen molar-refractivity contribution in [2.24, 2.45) is 0 Å². The van der Waals surface area contributed by atoms with Crippen LogP contribution >= 0.6 is 0 Å². The number of nitro groups is 1. The van der Waals surface area contributed by atoms with Gasteiger partial charge in [0, 0.05) is 16.9 Å². The largest absolute Gasteiger partial charge is 0.491 e. The van der Waals surface area contributed by atoms with Crippen LogP contribution in [0.4, 0.5) is 5.95 Å². The van der Waals surface area contributed by atoms with E-state index in [2.05, 4.69) is 25.1 Å². The molecular formula is C8H6N8O2. The van der Waals surface area contributed by atoms with Crippen molar-refractivity contribution in [3.8, 4) is 5.82 Å². The molecule has 0 bridgehead atoms. The Hall–Kier alpha value is -2.91. The third-order valence-corrected chi connectivity index (χ3v) is 2.24. The van der Waals surface area contributed by atoms with Crippen LogP contribution in [0.1, 0.15) is 5.69 Å². The quantitative estimate of drug-likeness (QED) is 0.458. The third-order valence-electron chi connectivity index (χ3n) is 2.24.